The van der Waals surface area contributed by atoms with E-state index in [-0.39, 0.29) is 0 Å². The van der Waals surface area contributed by atoms with Crippen molar-refractivity contribution in [3.05, 3.63) is 47.8 Å². The van der Waals surface area contributed by atoms with Gasteiger partial charge in [-0.1, -0.05) is 43.7 Å². The number of methoxy groups -OCH3 is 1. The normalized spacial score (nSPS) is 14.8. The van der Waals surface area contributed by atoms with Gasteiger partial charge in [-0.15, -0.1) is 0 Å². The minimum absolute atomic E-state index is 0.445. The standard InChI is InChI=1S/C25H32N6O4.C2H6/c1-17-6-5-7-20(14-17)18(2)28-31(19(3)25(32)33)22-15-21(29-9-12-35-13-10-29)23-24(27-22)30(16-26-23)8-11-34-4;1-2/h5-7,14-16,19H,8-13H2,1-4H3,(H,32,33);1-2H3/b28-18+;. The van der Waals surface area contributed by atoms with Crippen LogP contribution in [0.5, 0.6) is 0 Å². The summed E-state index contributed by atoms with van der Waals surface area (Å²) < 4.78 is 12.7. The predicted octanol–water partition coefficient (Wildman–Crippen LogP) is 3.95. The number of morpholine rings is 1. The average molecular weight is 511 g/mol. The molecule has 1 saturated heterocycles. The van der Waals surface area contributed by atoms with Gasteiger partial charge in [0.15, 0.2) is 11.5 Å². The van der Waals surface area contributed by atoms with Gasteiger partial charge in [0.1, 0.15) is 11.6 Å². The Morgan fingerprint density at radius 1 is 1.27 bits per heavy atom. The third kappa shape index (κ3) is 6.64. The molecule has 4 rings (SSSR count). The Hall–Kier alpha value is -3.50. The van der Waals surface area contributed by atoms with Crippen LogP contribution in [0.15, 0.2) is 41.8 Å². The number of carboxylic acid groups (broad SMARTS) is 1. The van der Waals surface area contributed by atoms with Gasteiger partial charge in [0, 0.05) is 32.8 Å². The van der Waals surface area contributed by atoms with E-state index in [1.54, 1.807) is 20.4 Å². The summed E-state index contributed by atoms with van der Waals surface area (Å²) in [5, 5.41) is 16.1. The van der Waals surface area contributed by atoms with Gasteiger partial charge in [-0.2, -0.15) is 5.10 Å². The van der Waals surface area contributed by atoms with Crippen molar-refractivity contribution >= 4 is 34.4 Å². The van der Waals surface area contributed by atoms with Crippen LogP contribution in [-0.2, 0) is 20.8 Å². The highest BCUT2D eigenvalue weighted by molar-refractivity contribution is 6.00. The summed E-state index contributed by atoms with van der Waals surface area (Å²) in [5.74, 6) is -0.548. The zero-order chi connectivity index (χ0) is 26.9. The molecular weight excluding hydrogens is 472 g/mol. The maximum absolute atomic E-state index is 12.1. The minimum atomic E-state index is -0.992. The van der Waals surface area contributed by atoms with Crippen LogP contribution < -0.4 is 9.91 Å². The summed E-state index contributed by atoms with van der Waals surface area (Å²) in [6.07, 6.45) is 1.75. The molecule has 1 aliphatic heterocycles. The van der Waals surface area contributed by atoms with Crippen molar-refractivity contribution in [3.8, 4) is 0 Å². The van der Waals surface area contributed by atoms with Gasteiger partial charge >= 0.3 is 5.97 Å². The Morgan fingerprint density at radius 2 is 2.00 bits per heavy atom. The van der Waals surface area contributed by atoms with Crippen molar-refractivity contribution in [2.75, 3.05) is 49.9 Å². The Bertz CT molecular complexity index is 1220. The molecule has 0 radical (unpaired) electrons. The molecule has 1 aliphatic rings. The first kappa shape index (κ1) is 28.1. The van der Waals surface area contributed by atoms with Gasteiger partial charge in [0.05, 0.1) is 37.5 Å². The van der Waals surface area contributed by atoms with Gasteiger partial charge in [0.2, 0.25) is 0 Å². The van der Waals surface area contributed by atoms with Gasteiger partial charge in [0.25, 0.3) is 0 Å². The molecule has 0 spiro atoms. The number of aryl methyl sites for hydroxylation is 1. The van der Waals surface area contributed by atoms with Crippen LogP contribution in [0.4, 0.5) is 11.5 Å². The quantitative estimate of drug-likeness (QED) is 0.341. The van der Waals surface area contributed by atoms with E-state index in [4.69, 9.17) is 19.6 Å². The number of aromatic nitrogens is 3. The number of nitrogens with zero attached hydrogens (tertiary/aromatic N) is 6. The molecule has 1 N–H and O–H groups in total. The van der Waals surface area contributed by atoms with E-state index >= 15 is 0 Å². The van der Waals surface area contributed by atoms with Crippen LogP contribution in [0, 0.1) is 6.92 Å². The van der Waals surface area contributed by atoms with Crippen LogP contribution in [0.25, 0.3) is 11.2 Å². The number of anilines is 2. The molecule has 1 atom stereocenters. The largest absolute Gasteiger partial charge is 0.480 e. The number of hydrazone groups is 1. The maximum atomic E-state index is 12.1. The molecule has 10 nitrogen and oxygen atoms in total. The summed E-state index contributed by atoms with van der Waals surface area (Å²) in [4.78, 5) is 23.8. The number of carbonyl (C=O) groups is 1. The number of ether oxygens (including phenoxy) is 2. The van der Waals surface area contributed by atoms with Gasteiger partial charge in [-0.25, -0.2) is 19.8 Å². The van der Waals surface area contributed by atoms with Crippen molar-refractivity contribution in [3.63, 3.8) is 0 Å². The molecule has 200 valence electrons. The Labute approximate surface area is 218 Å². The Morgan fingerprint density at radius 3 is 2.65 bits per heavy atom. The zero-order valence-corrected chi connectivity index (χ0v) is 22.6. The number of benzene rings is 1. The fourth-order valence-electron chi connectivity index (χ4n) is 4.05. The summed E-state index contributed by atoms with van der Waals surface area (Å²) >= 11 is 0. The van der Waals surface area contributed by atoms with Crippen molar-refractivity contribution in [2.24, 2.45) is 5.10 Å². The molecule has 0 aliphatic carbocycles. The molecule has 0 saturated carbocycles. The molecule has 3 aromatic rings. The second-order valence-electron chi connectivity index (χ2n) is 8.62. The van der Waals surface area contributed by atoms with E-state index in [1.165, 1.54) is 5.01 Å². The number of imidazole rings is 1. The molecule has 0 bridgehead atoms. The lowest BCUT2D eigenvalue weighted by molar-refractivity contribution is -0.138. The monoisotopic (exact) mass is 510 g/mol. The van der Waals surface area contributed by atoms with Crippen LogP contribution in [-0.4, -0.2) is 77.4 Å². The second kappa shape index (κ2) is 13.2. The second-order valence-corrected chi connectivity index (χ2v) is 8.62. The van der Waals surface area contributed by atoms with E-state index in [9.17, 15) is 9.90 Å². The minimum Gasteiger partial charge on any atom is -0.480 e. The third-order valence-electron chi connectivity index (χ3n) is 6.08. The summed E-state index contributed by atoms with van der Waals surface area (Å²) in [6.45, 7) is 13.2. The molecule has 1 aromatic carbocycles. The molecule has 2 aromatic heterocycles. The lowest BCUT2D eigenvalue weighted by Crippen LogP contribution is -2.38. The molecule has 1 fully saturated rings. The van der Waals surface area contributed by atoms with E-state index in [0.717, 1.165) is 22.3 Å². The van der Waals surface area contributed by atoms with Gasteiger partial charge < -0.3 is 24.0 Å². The molecule has 37 heavy (non-hydrogen) atoms. The number of rotatable bonds is 9. The van der Waals surface area contributed by atoms with E-state index in [2.05, 4.69) is 9.88 Å². The van der Waals surface area contributed by atoms with Crippen LogP contribution in [0.3, 0.4) is 0 Å². The summed E-state index contributed by atoms with van der Waals surface area (Å²) in [6, 6.07) is 8.91. The highest BCUT2D eigenvalue weighted by Crippen LogP contribution is 2.31. The SMILES string of the molecule is CC.COCCn1cnc2c(N3CCOCC3)cc(N(/N=C(\C)c3cccc(C)c3)C(C)C(=O)O)nc21. The molecule has 0 amide bonds. The predicted molar refractivity (Wildman–Crippen MR) is 147 cm³/mol. The van der Waals surface area contributed by atoms with E-state index < -0.39 is 12.0 Å². The van der Waals surface area contributed by atoms with Crippen LogP contribution in [0.2, 0.25) is 0 Å². The highest BCUT2D eigenvalue weighted by Gasteiger charge is 2.26. The summed E-state index contributed by atoms with van der Waals surface area (Å²) in [5.41, 5.74) is 5.03. The van der Waals surface area contributed by atoms with Gasteiger partial charge in [-0.05, 0) is 26.3 Å². The lowest BCUT2D eigenvalue weighted by Gasteiger charge is -2.30. The number of pyridine rings is 1. The molecule has 1 unspecified atom stereocenters. The van der Waals surface area contributed by atoms with Crippen LogP contribution in [0.1, 0.15) is 38.8 Å². The molecule has 10 heteroatoms. The first-order chi connectivity index (χ1) is 17.9. The fraction of sp³-hybridized carbons (Fsp3) is 0.481. The topological polar surface area (TPSA) is 105 Å². The average Bonchev–Trinajstić information content (AvgIpc) is 3.33. The zero-order valence-electron chi connectivity index (χ0n) is 22.6. The highest BCUT2D eigenvalue weighted by atomic mass is 16.5. The number of hydrogen-bond acceptors (Lipinski definition) is 8. The van der Waals surface area contributed by atoms with Crippen molar-refractivity contribution in [1.29, 1.82) is 0 Å². The number of carboxylic acids is 1. The maximum Gasteiger partial charge on any atom is 0.328 e. The molecular formula is C27H38N6O4. The van der Waals surface area contributed by atoms with Crippen LogP contribution >= 0.6 is 0 Å². The Kier molecular flexibility index (Phi) is 9.99. The van der Waals surface area contributed by atoms with Crippen molar-refractivity contribution in [1.82, 2.24) is 14.5 Å². The van der Waals surface area contributed by atoms with Crippen molar-refractivity contribution in [2.45, 2.75) is 47.2 Å². The van der Waals surface area contributed by atoms with Gasteiger partial charge in [-0.3, -0.25) is 0 Å². The number of hydrogen-bond donors (Lipinski definition) is 1. The Balaban J connectivity index is 0.00000186. The summed E-state index contributed by atoms with van der Waals surface area (Å²) in [7, 11) is 1.65. The third-order valence-corrected chi connectivity index (χ3v) is 6.08. The fourth-order valence-corrected chi connectivity index (χ4v) is 4.05. The van der Waals surface area contributed by atoms with Crippen molar-refractivity contribution < 1.29 is 19.4 Å². The number of aliphatic carboxylic acids is 1. The molecule has 3 heterocycles. The first-order valence-electron chi connectivity index (χ1n) is 12.7. The smallest absolute Gasteiger partial charge is 0.328 e. The van der Waals surface area contributed by atoms with E-state index in [0.29, 0.717) is 56.6 Å². The first-order valence-corrected chi connectivity index (χ1v) is 12.7. The lowest BCUT2D eigenvalue weighted by atomic mass is 10.1. The number of fused-ring (bicyclic) bond motifs is 1. The van der Waals surface area contributed by atoms with E-state index in [1.807, 2.05) is 62.6 Å².